The fourth-order valence-electron chi connectivity index (χ4n) is 3.03. The van der Waals surface area contributed by atoms with E-state index >= 15 is 0 Å². The summed E-state index contributed by atoms with van der Waals surface area (Å²) < 4.78 is 0.679. The second kappa shape index (κ2) is 8.29. The number of thiophene rings is 1. The molecular formula is C16H20N4O2S3. The Kier molecular flexibility index (Phi) is 6.08. The van der Waals surface area contributed by atoms with E-state index in [9.17, 15) is 9.59 Å². The maximum atomic E-state index is 13.0. The lowest BCUT2D eigenvalue weighted by Crippen LogP contribution is -2.37. The molecule has 2 heterocycles. The summed E-state index contributed by atoms with van der Waals surface area (Å²) in [5.41, 5.74) is -0.436. The van der Waals surface area contributed by atoms with Gasteiger partial charge in [0.15, 0.2) is 4.34 Å². The van der Waals surface area contributed by atoms with Crippen LogP contribution in [0.5, 0.6) is 0 Å². The molecule has 0 unspecified atom stereocenters. The van der Waals surface area contributed by atoms with Crippen molar-refractivity contribution in [1.82, 2.24) is 15.5 Å². The lowest BCUT2D eigenvalue weighted by atomic mass is 9.83. The molecule has 1 fully saturated rings. The van der Waals surface area contributed by atoms with Gasteiger partial charge in [-0.25, -0.2) is 0 Å². The topological polar surface area (TPSA) is 84.0 Å². The third kappa shape index (κ3) is 4.21. The van der Waals surface area contributed by atoms with E-state index in [0.717, 1.165) is 30.6 Å². The molecule has 1 aliphatic carbocycles. The largest absolute Gasteiger partial charge is 0.356 e. The van der Waals surface area contributed by atoms with Crippen molar-refractivity contribution in [3.63, 3.8) is 0 Å². The lowest BCUT2D eigenvalue weighted by Gasteiger charge is -2.25. The van der Waals surface area contributed by atoms with Gasteiger partial charge in [0.2, 0.25) is 16.9 Å². The molecule has 2 amide bonds. The summed E-state index contributed by atoms with van der Waals surface area (Å²) in [5.74, 6) is 0.273. The first kappa shape index (κ1) is 18.3. The van der Waals surface area contributed by atoms with Crippen LogP contribution < -0.4 is 10.6 Å². The lowest BCUT2D eigenvalue weighted by molar-refractivity contribution is -0.121. The minimum atomic E-state index is -0.436. The number of aromatic nitrogens is 2. The standard InChI is InChI=1S/C16H20N4O2S3/c1-2-17-12(21)10-24-15-20-19-14(25-15)18-13(22)16(7-3-4-8-16)11-6-5-9-23-11/h5-6,9H,2-4,7-8,10H2,1H3,(H,17,21)(H,18,19,22). The summed E-state index contributed by atoms with van der Waals surface area (Å²) in [6, 6.07) is 4.04. The van der Waals surface area contributed by atoms with Crippen molar-refractivity contribution in [2.75, 3.05) is 17.6 Å². The van der Waals surface area contributed by atoms with E-state index in [-0.39, 0.29) is 11.8 Å². The fourth-order valence-corrected chi connectivity index (χ4v) is 5.59. The number of hydrogen-bond donors (Lipinski definition) is 2. The van der Waals surface area contributed by atoms with Crippen LogP contribution in [0, 0.1) is 0 Å². The van der Waals surface area contributed by atoms with Crippen LogP contribution in [0.3, 0.4) is 0 Å². The van der Waals surface area contributed by atoms with Crippen molar-refractivity contribution < 1.29 is 9.59 Å². The van der Waals surface area contributed by atoms with E-state index in [1.54, 1.807) is 11.3 Å². The van der Waals surface area contributed by atoms with Crippen LogP contribution in [0.4, 0.5) is 5.13 Å². The summed E-state index contributed by atoms with van der Waals surface area (Å²) >= 11 is 4.27. The van der Waals surface area contributed by atoms with Gasteiger partial charge in [-0.3, -0.25) is 14.9 Å². The van der Waals surface area contributed by atoms with Crippen LogP contribution in [0.25, 0.3) is 0 Å². The Hall–Kier alpha value is -1.45. The van der Waals surface area contributed by atoms with E-state index < -0.39 is 5.41 Å². The van der Waals surface area contributed by atoms with Gasteiger partial charge in [0.05, 0.1) is 11.2 Å². The SMILES string of the molecule is CCNC(=O)CSc1nnc(NC(=O)C2(c3cccs3)CCCC2)s1. The first-order chi connectivity index (χ1) is 12.1. The van der Waals surface area contributed by atoms with Gasteiger partial charge < -0.3 is 5.32 Å². The number of rotatable bonds is 7. The van der Waals surface area contributed by atoms with Gasteiger partial charge in [-0.2, -0.15) is 0 Å². The maximum Gasteiger partial charge on any atom is 0.237 e. The monoisotopic (exact) mass is 396 g/mol. The minimum absolute atomic E-state index is 0.00359. The zero-order chi connectivity index (χ0) is 17.7. The zero-order valence-corrected chi connectivity index (χ0v) is 16.4. The Balaban J connectivity index is 1.64. The van der Waals surface area contributed by atoms with Crippen molar-refractivity contribution >= 4 is 51.4 Å². The van der Waals surface area contributed by atoms with Crippen molar-refractivity contribution in [2.45, 2.75) is 42.4 Å². The Morgan fingerprint density at radius 3 is 2.80 bits per heavy atom. The molecule has 0 spiro atoms. The second-order valence-corrected chi connectivity index (χ2v) is 8.98. The molecule has 0 atom stereocenters. The molecule has 25 heavy (non-hydrogen) atoms. The molecule has 0 aromatic carbocycles. The van der Waals surface area contributed by atoms with Crippen molar-refractivity contribution in [3.8, 4) is 0 Å². The van der Waals surface area contributed by atoms with Crippen molar-refractivity contribution in [3.05, 3.63) is 22.4 Å². The molecule has 9 heteroatoms. The molecule has 0 bridgehead atoms. The smallest absolute Gasteiger partial charge is 0.237 e. The molecule has 134 valence electrons. The number of nitrogens with one attached hydrogen (secondary N) is 2. The predicted molar refractivity (Wildman–Crippen MR) is 102 cm³/mol. The number of thioether (sulfide) groups is 1. The molecule has 0 radical (unpaired) electrons. The molecule has 0 saturated heterocycles. The van der Waals surface area contributed by atoms with Gasteiger partial charge in [0, 0.05) is 11.4 Å². The molecule has 1 aliphatic rings. The summed E-state index contributed by atoms with van der Waals surface area (Å²) in [7, 11) is 0. The Labute approximate surface area is 158 Å². The summed E-state index contributed by atoms with van der Waals surface area (Å²) in [6.07, 6.45) is 3.87. The van der Waals surface area contributed by atoms with Gasteiger partial charge in [-0.15, -0.1) is 21.5 Å². The molecular weight excluding hydrogens is 376 g/mol. The third-order valence-corrected chi connectivity index (χ3v) is 7.26. The van der Waals surface area contributed by atoms with Crippen LogP contribution in [-0.2, 0) is 15.0 Å². The van der Waals surface area contributed by atoms with Crippen LogP contribution in [-0.4, -0.2) is 34.3 Å². The summed E-state index contributed by atoms with van der Waals surface area (Å²) in [5, 5.41) is 16.3. The van der Waals surface area contributed by atoms with Crippen molar-refractivity contribution in [1.29, 1.82) is 0 Å². The van der Waals surface area contributed by atoms with Gasteiger partial charge in [-0.1, -0.05) is 42.0 Å². The highest BCUT2D eigenvalue weighted by atomic mass is 32.2. The van der Waals surface area contributed by atoms with Crippen LogP contribution in [0.1, 0.15) is 37.5 Å². The van der Waals surface area contributed by atoms with Crippen LogP contribution >= 0.6 is 34.4 Å². The highest BCUT2D eigenvalue weighted by Crippen LogP contribution is 2.44. The fraction of sp³-hybridized carbons (Fsp3) is 0.500. The molecule has 6 nitrogen and oxygen atoms in total. The van der Waals surface area contributed by atoms with E-state index in [1.165, 1.54) is 23.1 Å². The maximum absolute atomic E-state index is 13.0. The Morgan fingerprint density at radius 1 is 1.32 bits per heavy atom. The van der Waals surface area contributed by atoms with Gasteiger partial charge >= 0.3 is 0 Å². The quantitative estimate of drug-likeness (QED) is 0.554. The molecule has 2 N–H and O–H groups in total. The highest BCUT2D eigenvalue weighted by molar-refractivity contribution is 8.01. The molecule has 0 aliphatic heterocycles. The molecule has 2 aromatic heterocycles. The predicted octanol–water partition coefficient (Wildman–Crippen LogP) is 3.28. The average Bonchev–Trinajstić information content (AvgIpc) is 3.34. The normalized spacial score (nSPS) is 15.9. The number of carbonyl (C=O) groups excluding carboxylic acids is 2. The van der Waals surface area contributed by atoms with E-state index in [1.807, 2.05) is 24.4 Å². The number of nitrogens with zero attached hydrogens (tertiary/aromatic N) is 2. The van der Waals surface area contributed by atoms with E-state index in [0.29, 0.717) is 21.8 Å². The summed E-state index contributed by atoms with van der Waals surface area (Å²) in [6.45, 7) is 2.50. The van der Waals surface area contributed by atoms with E-state index in [4.69, 9.17) is 0 Å². The molecule has 1 saturated carbocycles. The number of anilines is 1. The second-order valence-electron chi connectivity index (χ2n) is 5.84. The van der Waals surface area contributed by atoms with Gasteiger partial charge in [-0.05, 0) is 31.2 Å². The minimum Gasteiger partial charge on any atom is -0.356 e. The number of carbonyl (C=O) groups is 2. The van der Waals surface area contributed by atoms with Gasteiger partial charge in [0.25, 0.3) is 0 Å². The zero-order valence-electron chi connectivity index (χ0n) is 13.9. The molecule has 3 rings (SSSR count). The van der Waals surface area contributed by atoms with Crippen LogP contribution in [0.15, 0.2) is 21.9 Å². The third-order valence-electron chi connectivity index (χ3n) is 4.21. The number of amides is 2. The van der Waals surface area contributed by atoms with E-state index in [2.05, 4.69) is 20.8 Å². The Bertz CT molecular complexity index is 724. The number of hydrogen-bond acceptors (Lipinski definition) is 7. The van der Waals surface area contributed by atoms with Crippen LogP contribution in [0.2, 0.25) is 0 Å². The van der Waals surface area contributed by atoms with Crippen molar-refractivity contribution in [2.24, 2.45) is 0 Å². The first-order valence-electron chi connectivity index (χ1n) is 8.22. The average molecular weight is 397 g/mol. The molecule has 2 aromatic rings. The first-order valence-corrected chi connectivity index (χ1v) is 10.9. The van der Waals surface area contributed by atoms with Gasteiger partial charge in [0.1, 0.15) is 0 Å². The Morgan fingerprint density at radius 2 is 2.12 bits per heavy atom. The highest BCUT2D eigenvalue weighted by Gasteiger charge is 2.43. The summed E-state index contributed by atoms with van der Waals surface area (Å²) in [4.78, 5) is 25.6.